The monoisotopic (exact) mass is 480 g/mol. The number of hydrogen-bond acceptors (Lipinski definition) is 4. The van der Waals surface area contributed by atoms with Gasteiger partial charge in [-0.2, -0.15) is 0 Å². The van der Waals surface area contributed by atoms with Gasteiger partial charge in [0.1, 0.15) is 12.6 Å². The molecule has 0 fully saturated rings. The van der Waals surface area contributed by atoms with Crippen LogP contribution in [0.25, 0.3) is 11.1 Å². The maximum absolute atomic E-state index is 12.7. The molecule has 2 aromatic rings. The standard InChI is InChI=1S/C28H36N2O5/c1-4-5-10-19(16-26(31)30-25(27(32)33)15-18(2)3)29-28(34)35-17-24-22-13-8-6-11-20(22)21-12-7-9-14-23(21)24/h6-9,11-14,18-19,24-25H,4-5,10,15-17H2,1-3H3,(H,29,34)(H,30,31)(H,32,33)/t19-,25+/m1/s1. The molecule has 2 atom stereocenters. The van der Waals surface area contributed by atoms with E-state index in [0.717, 1.165) is 35.1 Å². The molecule has 1 aliphatic rings. The van der Waals surface area contributed by atoms with Crippen molar-refractivity contribution >= 4 is 18.0 Å². The van der Waals surface area contributed by atoms with Crippen LogP contribution in [0.1, 0.15) is 69.9 Å². The lowest BCUT2D eigenvalue weighted by atomic mass is 9.98. The molecule has 0 saturated carbocycles. The normalized spacial score (nSPS) is 14.1. The number of nitrogens with one attached hydrogen (secondary N) is 2. The molecular formula is C28H36N2O5. The van der Waals surface area contributed by atoms with E-state index in [1.165, 1.54) is 0 Å². The number of alkyl carbamates (subject to hydrolysis) is 1. The Bertz CT molecular complexity index is 990. The van der Waals surface area contributed by atoms with Crippen LogP contribution in [-0.4, -0.2) is 41.8 Å². The predicted molar refractivity (Wildman–Crippen MR) is 135 cm³/mol. The van der Waals surface area contributed by atoms with Gasteiger partial charge in [0.25, 0.3) is 0 Å². The van der Waals surface area contributed by atoms with E-state index in [4.69, 9.17) is 4.74 Å². The number of carbonyl (C=O) groups excluding carboxylic acids is 2. The maximum atomic E-state index is 12.7. The smallest absolute Gasteiger partial charge is 0.407 e. The molecule has 2 aromatic carbocycles. The van der Waals surface area contributed by atoms with E-state index < -0.39 is 30.1 Å². The minimum Gasteiger partial charge on any atom is -0.480 e. The molecule has 3 N–H and O–H groups in total. The van der Waals surface area contributed by atoms with Crippen molar-refractivity contribution < 1.29 is 24.2 Å². The van der Waals surface area contributed by atoms with Crippen LogP contribution in [0.2, 0.25) is 0 Å². The van der Waals surface area contributed by atoms with E-state index in [2.05, 4.69) is 34.9 Å². The summed E-state index contributed by atoms with van der Waals surface area (Å²) in [6, 6.07) is 14.9. The van der Waals surface area contributed by atoms with Crippen molar-refractivity contribution in [3.05, 3.63) is 59.7 Å². The highest BCUT2D eigenvalue weighted by atomic mass is 16.5. The Kier molecular flexibility index (Phi) is 9.29. The number of ether oxygens (including phenoxy) is 1. The van der Waals surface area contributed by atoms with Crippen molar-refractivity contribution in [1.82, 2.24) is 10.6 Å². The van der Waals surface area contributed by atoms with Gasteiger partial charge in [0.2, 0.25) is 5.91 Å². The Morgan fingerprint density at radius 2 is 1.57 bits per heavy atom. The summed E-state index contributed by atoms with van der Waals surface area (Å²) in [5.74, 6) is -1.36. The molecule has 0 heterocycles. The number of carbonyl (C=O) groups is 3. The molecule has 2 amide bonds. The molecule has 0 aliphatic heterocycles. The number of aliphatic carboxylic acids is 1. The van der Waals surface area contributed by atoms with Crippen LogP contribution in [0.5, 0.6) is 0 Å². The summed E-state index contributed by atoms with van der Waals surface area (Å²) in [5.41, 5.74) is 4.58. The van der Waals surface area contributed by atoms with Crippen molar-refractivity contribution in [2.45, 2.75) is 70.9 Å². The zero-order valence-electron chi connectivity index (χ0n) is 20.8. The van der Waals surface area contributed by atoms with E-state index in [1.807, 2.05) is 45.0 Å². The topological polar surface area (TPSA) is 105 Å². The second-order valence-electron chi connectivity index (χ2n) is 9.60. The molecule has 0 spiro atoms. The number of hydrogen-bond donors (Lipinski definition) is 3. The van der Waals surface area contributed by atoms with E-state index in [9.17, 15) is 19.5 Å². The Labute approximate surface area is 207 Å². The molecule has 1 aliphatic carbocycles. The highest BCUT2D eigenvalue weighted by Crippen LogP contribution is 2.44. The van der Waals surface area contributed by atoms with Crippen LogP contribution < -0.4 is 10.6 Å². The van der Waals surface area contributed by atoms with Crippen LogP contribution in [0.4, 0.5) is 4.79 Å². The fraction of sp³-hybridized carbons (Fsp3) is 0.464. The summed E-state index contributed by atoms with van der Waals surface area (Å²) in [7, 11) is 0. The number of unbranched alkanes of at least 4 members (excludes halogenated alkanes) is 1. The second-order valence-corrected chi connectivity index (χ2v) is 9.60. The molecule has 0 unspecified atom stereocenters. The molecule has 188 valence electrons. The molecule has 7 nitrogen and oxygen atoms in total. The summed E-state index contributed by atoms with van der Waals surface area (Å²) < 4.78 is 5.63. The van der Waals surface area contributed by atoms with Crippen LogP contribution in [0, 0.1) is 5.92 Å². The molecule has 35 heavy (non-hydrogen) atoms. The highest BCUT2D eigenvalue weighted by Gasteiger charge is 2.29. The van der Waals surface area contributed by atoms with E-state index in [1.54, 1.807) is 0 Å². The van der Waals surface area contributed by atoms with Crippen molar-refractivity contribution in [2.24, 2.45) is 5.92 Å². The molecule has 0 aromatic heterocycles. The number of carboxylic acids is 1. The summed E-state index contributed by atoms with van der Waals surface area (Å²) >= 11 is 0. The van der Waals surface area contributed by atoms with Gasteiger partial charge < -0.3 is 20.5 Å². The largest absolute Gasteiger partial charge is 0.480 e. The molecule has 0 saturated heterocycles. The third kappa shape index (κ3) is 7.07. The SMILES string of the molecule is CCCC[C@H](CC(=O)N[C@@H](CC(C)C)C(=O)O)NC(=O)OCC1c2ccccc2-c2ccccc21. The lowest BCUT2D eigenvalue weighted by Gasteiger charge is -2.21. The molecule has 7 heteroatoms. The molecule has 3 rings (SSSR count). The van der Waals surface area contributed by atoms with Gasteiger partial charge in [-0.05, 0) is 41.0 Å². The number of carboxylic acid groups (broad SMARTS) is 1. The third-order valence-electron chi connectivity index (χ3n) is 6.34. The van der Waals surface area contributed by atoms with Gasteiger partial charge in [-0.25, -0.2) is 9.59 Å². The predicted octanol–water partition coefficient (Wildman–Crippen LogP) is 5.09. The van der Waals surface area contributed by atoms with Gasteiger partial charge in [-0.3, -0.25) is 4.79 Å². The van der Waals surface area contributed by atoms with E-state index in [0.29, 0.717) is 12.8 Å². The zero-order valence-corrected chi connectivity index (χ0v) is 20.8. The minimum absolute atomic E-state index is 0.00602. The van der Waals surface area contributed by atoms with Crippen molar-refractivity contribution in [1.29, 1.82) is 0 Å². The van der Waals surface area contributed by atoms with Gasteiger partial charge in [0.15, 0.2) is 0 Å². The third-order valence-corrected chi connectivity index (χ3v) is 6.34. The second kappa shape index (κ2) is 12.4. The molecule has 0 bridgehead atoms. The fourth-order valence-corrected chi connectivity index (χ4v) is 4.65. The van der Waals surface area contributed by atoms with Crippen LogP contribution in [0.15, 0.2) is 48.5 Å². The van der Waals surface area contributed by atoms with Crippen LogP contribution in [0.3, 0.4) is 0 Å². The van der Waals surface area contributed by atoms with Crippen LogP contribution in [-0.2, 0) is 14.3 Å². The van der Waals surface area contributed by atoms with Gasteiger partial charge >= 0.3 is 12.1 Å². The summed E-state index contributed by atoms with van der Waals surface area (Å²) in [6.45, 7) is 6.05. The Hall–Kier alpha value is -3.35. The lowest BCUT2D eigenvalue weighted by Crippen LogP contribution is -2.45. The van der Waals surface area contributed by atoms with Crippen molar-refractivity contribution in [3.8, 4) is 11.1 Å². The summed E-state index contributed by atoms with van der Waals surface area (Å²) in [6.07, 6.45) is 2.13. The van der Waals surface area contributed by atoms with E-state index in [-0.39, 0.29) is 24.9 Å². The highest BCUT2D eigenvalue weighted by molar-refractivity contribution is 5.84. The van der Waals surface area contributed by atoms with E-state index >= 15 is 0 Å². The summed E-state index contributed by atoms with van der Waals surface area (Å²) in [4.78, 5) is 36.8. The number of benzene rings is 2. The Morgan fingerprint density at radius 1 is 0.971 bits per heavy atom. The first-order valence-corrected chi connectivity index (χ1v) is 12.4. The lowest BCUT2D eigenvalue weighted by molar-refractivity contribution is -0.142. The first kappa shape index (κ1) is 26.3. The molecular weight excluding hydrogens is 444 g/mol. The quantitative estimate of drug-likeness (QED) is 0.392. The fourth-order valence-electron chi connectivity index (χ4n) is 4.65. The number of fused-ring (bicyclic) bond motifs is 3. The number of amides is 2. The average molecular weight is 481 g/mol. The first-order valence-electron chi connectivity index (χ1n) is 12.4. The minimum atomic E-state index is -1.05. The Morgan fingerprint density at radius 3 is 2.11 bits per heavy atom. The van der Waals surface area contributed by atoms with Gasteiger partial charge in [0, 0.05) is 18.4 Å². The van der Waals surface area contributed by atoms with Gasteiger partial charge in [-0.1, -0.05) is 82.1 Å². The average Bonchev–Trinajstić information content (AvgIpc) is 3.14. The number of rotatable bonds is 12. The van der Waals surface area contributed by atoms with Crippen molar-refractivity contribution in [2.75, 3.05) is 6.61 Å². The Balaban J connectivity index is 1.60. The zero-order chi connectivity index (χ0) is 25.4. The van der Waals surface area contributed by atoms with Crippen LogP contribution >= 0.6 is 0 Å². The maximum Gasteiger partial charge on any atom is 0.407 e. The van der Waals surface area contributed by atoms with Crippen molar-refractivity contribution in [3.63, 3.8) is 0 Å². The summed E-state index contributed by atoms with van der Waals surface area (Å²) in [5, 5.41) is 14.8. The van der Waals surface area contributed by atoms with Gasteiger partial charge in [-0.15, -0.1) is 0 Å². The van der Waals surface area contributed by atoms with Gasteiger partial charge in [0.05, 0.1) is 0 Å². The first-order chi connectivity index (χ1) is 16.8. The molecule has 0 radical (unpaired) electrons.